The van der Waals surface area contributed by atoms with Gasteiger partial charge in [0.05, 0.1) is 24.0 Å². The van der Waals surface area contributed by atoms with Crippen LogP contribution in [0.15, 0.2) is 66.9 Å². The highest BCUT2D eigenvalue weighted by Gasteiger charge is 2.13. The SMILES string of the molecule is C[C@H](NC1=CCC(c2ccc3cn[nH]c3c2)=CO1)c1cccc(F)c1. The van der Waals surface area contributed by atoms with E-state index in [1.54, 1.807) is 18.5 Å². The summed E-state index contributed by atoms with van der Waals surface area (Å²) >= 11 is 0. The molecule has 0 radical (unpaired) electrons. The largest absolute Gasteiger partial charge is 0.449 e. The number of nitrogens with one attached hydrogen (secondary N) is 2. The highest BCUT2D eigenvalue weighted by Crippen LogP contribution is 2.27. The lowest BCUT2D eigenvalue weighted by Gasteiger charge is -2.21. The number of aromatic nitrogens is 2. The number of hydrogen-bond donors (Lipinski definition) is 2. The maximum absolute atomic E-state index is 13.3. The van der Waals surface area contributed by atoms with E-state index in [4.69, 9.17) is 4.74 Å². The van der Waals surface area contributed by atoms with Gasteiger partial charge >= 0.3 is 0 Å². The molecule has 0 bridgehead atoms. The lowest BCUT2D eigenvalue weighted by atomic mass is 10.0. The molecule has 126 valence electrons. The summed E-state index contributed by atoms with van der Waals surface area (Å²) in [6.07, 6.45) is 6.33. The number of H-pyrrole nitrogens is 1. The Kier molecular flexibility index (Phi) is 3.98. The quantitative estimate of drug-likeness (QED) is 0.729. The first-order valence-corrected chi connectivity index (χ1v) is 8.20. The van der Waals surface area contributed by atoms with Crippen molar-refractivity contribution >= 4 is 16.5 Å². The van der Waals surface area contributed by atoms with Crippen LogP contribution >= 0.6 is 0 Å². The first-order valence-electron chi connectivity index (χ1n) is 8.20. The van der Waals surface area contributed by atoms with Crippen molar-refractivity contribution in [2.45, 2.75) is 19.4 Å². The molecule has 0 saturated carbocycles. The minimum Gasteiger partial charge on any atom is -0.449 e. The summed E-state index contributed by atoms with van der Waals surface area (Å²) in [7, 11) is 0. The topological polar surface area (TPSA) is 49.9 Å². The van der Waals surface area contributed by atoms with Crippen LogP contribution in [0.2, 0.25) is 0 Å². The Morgan fingerprint density at radius 1 is 1.24 bits per heavy atom. The molecule has 2 aromatic carbocycles. The van der Waals surface area contributed by atoms with Crippen molar-refractivity contribution in [3.63, 3.8) is 0 Å². The molecule has 0 amide bonds. The van der Waals surface area contributed by atoms with Gasteiger partial charge in [0, 0.05) is 5.39 Å². The molecular weight excluding hydrogens is 317 g/mol. The van der Waals surface area contributed by atoms with Crippen LogP contribution in [0.25, 0.3) is 16.5 Å². The van der Waals surface area contributed by atoms with Gasteiger partial charge in [-0.15, -0.1) is 0 Å². The van der Waals surface area contributed by atoms with Crippen LogP contribution in [0.5, 0.6) is 0 Å². The van der Waals surface area contributed by atoms with E-state index in [0.29, 0.717) is 5.88 Å². The fourth-order valence-corrected chi connectivity index (χ4v) is 2.92. The maximum Gasteiger partial charge on any atom is 0.189 e. The van der Waals surface area contributed by atoms with Crippen molar-refractivity contribution in [1.29, 1.82) is 0 Å². The van der Waals surface area contributed by atoms with E-state index in [1.165, 1.54) is 12.1 Å². The third-order valence-electron chi connectivity index (χ3n) is 4.36. The molecule has 0 fully saturated rings. The van der Waals surface area contributed by atoms with Gasteiger partial charge in [-0.3, -0.25) is 5.10 Å². The molecule has 0 aliphatic carbocycles. The third-order valence-corrected chi connectivity index (χ3v) is 4.36. The van der Waals surface area contributed by atoms with Crippen LogP contribution < -0.4 is 5.32 Å². The second-order valence-corrected chi connectivity index (χ2v) is 6.13. The molecule has 4 nitrogen and oxygen atoms in total. The number of halogens is 1. The standard InChI is InChI=1S/C20H18FN3O/c1-13(14-3-2-4-18(21)9-14)23-20-8-7-17(12-25-20)15-5-6-16-11-22-24-19(16)10-15/h2-6,8-13,23H,7H2,1H3,(H,22,24)/t13-/m0/s1. The molecule has 1 atom stereocenters. The highest BCUT2D eigenvalue weighted by molar-refractivity contribution is 5.82. The zero-order valence-electron chi connectivity index (χ0n) is 13.8. The van der Waals surface area contributed by atoms with E-state index in [0.717, 1.165) is 34.0 Å². The summed E-state index contributed by atoms with van der Waals surface area (Å²) in [5.74, 6) is 0.448. The van der Waals surface area contributed by atoms with E-state index < -0.39 is 0 Å². The van der Waals surface area contributed by atoms with Crippen LogP contribution in [0.3, 0.4) is 0 Å². The second kappa shape index (κ2) is 6.43. The van der Waals surface area contributed by atoms with Gasteiger partial charge < -0.3 is 10.1 Å². The van der Waals surface area contributed by atoms with Gasteiger partial charge in [0.2, 0.25) is 0 Å². The van der Waals surface area contributed by atoms with Crippen molar-refractivity contribution in [3.8, 4) is 0 Å². The molecule has 2 heterocycles. The van der Waals surface area contributed by atoms with Crippen LogP contribution in [0.1, 0.15) is 30.5 Å². The first kappa shape index (κ1) is 15.4. The lowest BCUT2D eigenvalue weighted by molar-refractivity contribution is 0.296. The number of aromatic amines is 1. The molecular formula is C20H18FN3O. The van der Waals surface area contributed by atoms with Crippen molar-refractivity contribution in [3.05, 3.63) is 83.8 Å². The molecule has 0 unspecified atom stereocenters. The van der Waals surface area contributed by atoms with Crippen molar-refractivity contribution in [1.82, 2.24) is 15.5 Å². The van der Waals surface area contributed by atoms with Gasteiger partial charge in [0.15, 0.2) is 5.88 Å². The Labute approximate surface area is 145 Å². The maximum atomic E-state index is 13.3. The van der Waals surface area contributed by atoms with E-state index >= 15 is 0 Å². The van der Waals surface area contributed by atoms with Gasteiger partial charge in [-0.2, -0.15) is 5.10 Å². The zero-order chi connectivity index (χ0) is 17.2. The first-order chi connectivity index (χ1) is 12.2. The number of nitrogens with zero attached hydrogens (tertiary/aromatic N) is 1. The fourth-order valence-electron chi connectivity index (χ4n) is 2.92. The van der Waals surface area contributed by atoms with Gasteiger partial charge in [-0.05, 0) is 54.3 Å². The van der Waals surface area contributed by atoms with Crippen LogP contribution in [-0.4, -0.2) is 10.2 Å². The number of allylic oxidation sites excluding steroid dienone is 2. The van der Waals surface area contributed by atoms with Crippen molar-refractivity contribution in [2.75, 3.05) is 0 Å². The Morgan fingerprint density at radius 3 is 2.96 bits per heavy atom. The summed E-state index contributed by atoms with van der Waals surface area (Å²) in [4.78, 5) is 0. The molecule has 0 spiro atoms. The molecule has 3 aromatic rings. The lowest BCUT2D eigenvalue weighted by Crippen LogP contribution is -2.20. The molecule has 0 saturated heterocycles. The zero-order valence-corrected chi connectivity index (χ0v) is 13.8. The highest BCUT2D eigenvalue weighted by atomic mass is 19.1. The van der Waals surface area contributed by atoms with Crippen LogP contribution in [-0.2, 0) is 4.74 Å². The third kappa shape index (κ3) is 3.26. The molecule has 2 N–H and O–H groups in total. The number of benzene rings is 2. The predicted molar refractivity (Wildman–Crippen MR) is 95.8 cm³/mol. The van der Waals surface area contributed by atoms with Gasteiger partial charge in [-0.1, -0.05) is 24.3 Å². The number of fused-ring (bicyclic) bond motifs is 1. The molecule has 1 aliphatic heterocycles. The van der Waals surface area contributed by atoms with E-state index in [1.807, 2.05) is 25.1 Å². The number of hydrogen-bond acceptors (Lipinski definition) is 3. The average molecular weight is 335 g/mol. The van der Waals surface area contributed by atoms with E-state index in [9.17, 15) is 4.39 Å². The van der Waals surface area contributed by atoms with E-state index in [-0.39, 0.29) is 11.9 Å². The molecule has 5 heteroatoms. The monoisotopic (exact) mass is 335 g/mol. The van der Waals surface area contributed by atoms with E-state index in [2.05, 4.69) is 27.6 Å². The number of ether oxygens (including phenoxy) is 1. The Morgan fingerprint density at radius 2 is 2.16 bits per heavy atom. The molecule has 25 heavy (non-hydrogen) atoms. The van der Waals surface area contributed by atoms with Gasteiger partial charge in [0.1, 0.15) is 5.82 Å². The van der Waals surface area contributed by atoms with Crippen LogP contribution in [0.4, 0.5) is 4.39 Å². The van der Waals surface area contributed by atoms with Crippen molar-refractivity contribution < 1.29 is 9.13 Å². The van der Waals surface area contributed by atoms with Crippen molar-refractivity contribution in [2.24, 2.45) is 0 Å². The Balaban J connectivity index is 1.44. The smallest absolute Gasteiger partial charge is 0.189 e. The summed E-state index contributed by atoms with van der Waals surface area (Å²) in [5.41, 5.74) is 4.08. The predicted octanol–water partition coefficient (Wildman–Crippen LogP) is 4.66. The summed E-state index contributed by atoms with van der Waals surface area (Å²) in [6, 6.07) is 12.7. The summed E-state index contributed by atoms with van der Waals surface area (Å²) < 4.78 is 19.1. The normalized spacial score (nSPS) is 15.3. The Bertz CT molecular complexity index is 974. The second-order valence-electron chi connectivity index (χ2n) is 6.13. The summed E-state index contributed by atoms with van der Waals surface area (Å²) in [5, 5.41) is 11.4. The minimum atomic E-state index is -0.235. The summed E-state index contributed by atoms with van der Waals surface area (Å²) in [6.45, 7) is 1.98. The number of rotatable bonds is 4. The minimum absolute atomic E-state index is 0.0433. The molecule has 1 aliphatic rings. The molecule has 4 rings (SSSR count). The van der Waals surface area contributed by atoms with Gasteiger partial charge in [-0.25, -0.2) is 4.39 Å². The fraction of sp³-hybridized carbons (Fsp3) is 0.150. The Hall–Kier alpha value is -3.08. The van der Waals surface area contributed by atoms with Gasteiger partial charge in [0.25, 0.3) is 0 Å². The van der Waals surface area contributed by atoms with Crippen LogP contribution in [0, 0.1) is 5.82 Å². The average Bonchev–Trinajstić information content (AvgIpc) is 3.10. The molecule has 1 aromatic heterocycles.